The highest BCUT2D eigenvalue weighted by Gasteiger charge is 2.20. The summed E-state index contributed by atoms with van der Waals surface area (Å²) in [6.07, 6.45) is 1.58. The van der Waals surface area contributed by atoms with Crippen LogP contribution in [0.5, 0.6) is 11.5 Å². The van der Waals surface area contributed by atoms with Gasteiger partial charge in [-0.25, -0.2) is 0 Å². The fourth-order valence-electron chi connectivity index (χ4n) is 1.84. The van der Waals surface area contributed by atoms with Crippen molar-refractivity contribution < 1.29 is 14.0 Å². The second kappa shape index (κ2) is 4.89. The van der Waals surface area contributed by atoms with Gasteiger partial charge in [0.05, 0.1) is 30.5 Å². The molecule has 0 spiro atoms. The number of nitrogen functional groups attached to an aromatic ring is 1. The van der Waals surface area contributed by atoms with Crippen molar-refractivity contribution in [3.05, 3.63) is 22.3 Å². The molecule has 2 N–H and O–H groups in total. The zero-order valence-corrected chi connectivity index (χ0v) is 11.9. The quantitative estimate of drug-likeness (QED) is 0.943. The van der Waals surface area contributed by atoms with Crippen molar-refractivity contribution in [3.63, 3.8) is 0 Å². The van der Waals surface area contributed by atoms with E-state index in [0.717, 1.165) is 21.2 Å². The lowest BCUT2D eigenvalue weighted by molar-refractivity contribution is 0.353. The molecule has 1 heterocycles. The molecule has 2 rings (SSSR count). The Morgan fingerprint density at radius 3 is 2.56 bits per heavy atom. The van der Waals surface area contributed by atoms with Crippen LogP contribution in [0.15, 0.2) is 21.3 Å². The first kappa shape index (κ1) is 12.8. The van der Waals surface area contributed by atoms with Crippen LogP contribution in [0.4, 0.5) is 5.88 Å². The average molecular weight is 313 g/mol. The first-order valence-corrected chi connectivity index (χ1v) is 6.01. The maximum atomic E-state index is 5.75. The van der Waals surface area contributed by atoms with Crippen LogP contribution in [0.3, 0.4) is 0 Å². The number of benzene rings is 1. The zero-order chi connectivity index (χ0) is 13.3. The van der Waals surface area contributed by atoms with E-state index in [1.54, 1.807) is 20.4 Å². The lowest BCUT2D eigenvalue weighted by Gasteiger charge is -2.15. The van der Waals surface area contributed by atoms with E-state index in [1.807, 2.05) is 13.0 Å². The number of hydrogen-bond acceptors (Lipinski definition) is 5. The van der Waals surface area contributed by atoms with Gasteiger partial charge in [0.15, 0.2) is 11.5 Å². The average Bonchev–Trinajstić information content (AvgIpc) is 2.75. The van der Waals surface area contributed by atoms with Gasteiger partial charge < -0.3 is 19.7 Å². The molecule has 0 atom stereocenters. The van der Waals surface area contributed by atoms with E-state index < -0.39 is 0 Å². The number of hydrogen-bond donors (Lipinski definition) is 1. The number of aromatic nitrogens is 1. The van der Waals surface area contributed by atoms with Gasteiger partial charge in [-0.05, 0) is 34.5 Å². The molecule has 18 heavy (non-hydrogen) atoms. The van der Waals surface area contributed by atoms with E-state index in [4.69, 9.17) is 19.7 Å². The summed E-state index contributed by atoms with van der Waals surface area (Å²) in [6, 6.07) is 1.88. The number of methoxy groups -OCH3 is 2. The van der Waals surface area contributed by atoms with Crippen LogP contribution in [0, 0.1) is 6.92 Å². The largest absolute Gasteiger partial charge is 0.493 e. The van der Waals surface area contributed by atoms with Crippen molar-refractivity contribution in [1.29, 1.82) is 0 Å². The molecule has 0 aliphatic carbocycles. The third-order valence-corrected chi connectivity index (χ3v) is 3.43. The van der Waals surface area contributed by atoms with Crippen molar-refractivity contribution in [2.75, 3.05) is 20.0 Å². The van der Waals surface area contributed by atoms with Gasteiger partial charge in [0.1, 0.15) is 0 Å². The molecular weight excluding hydrogens is 300 g/mol. The molecule has 0 amide bonds. The van der Waals surface area contributed by atoms with Gasteiger partial charge in [-0.1, -0.05) is 5.16 Å². The fourth-order valence-corrected chi connectivity index (χ4v) is 2.72. The Morgan fingerprint density at radius 1 is 1.33 bits per heavy atom. The van der Waals surface area contributed by atoms with Gasteiger partial charge in [-0.3, -0.25) is 0 Å². The Labute approximate surface area is 113 Å². The molecule has 0 unspecified atom stereocenters. The first-order chi connectivity index (χ1) is 8.60. The summed E-state index contributed by atoms with van der Waals surface area (Å²) in [6.45, 7) is 1.95. The lowest BCUT2D eigenvalue weighted by atomic mass is 10.0. The molecule has 0 bridgehead atoms. The molecule has 1 aromatic carbocycles. The van der Waals surface area contributed by atoms with Gasteiger partial charge in [-0.15, -0.1) is 0 Å². The Hall–Kier alpha value is -1.69. The minimum atomic E-state index is 0.269. The molecule has 0 aliphatic rings. The standard InChI is InChI=1S/C12H13BrN2O3/c1-6-4-8(16-2)11(17-3)10(13)9(6)7-5-15-18-12(7)14/h4-5H,14H2,1-3H3. The van der Waals surface area contributed by atoms with Crippen LogP contribution in [-0.2, 0) is 0 Å². The summed E-state index contributed by atoms with van der Waals surface area (Å²) in [5.74, 6) is 1.53. The molecule has 0 saturated heterocycles. The molecule has 5 nitrogen and oxygen atoms in total. The molecule has 6 heteroatoms. The van der Waals surface area contributed by atoms with E-state index >= 15 is 0 Å². The minimum Gasteiger partial charge on any atom is -0.493 e. The van der Waals surface area contributed by atoms with Gasteiger partial charge in [0, 0.05) is 5.56 Å². The summed E-state index contributed by atoms with van der Waals surface area (Å²) < 4.78 is 16.3. The van der Waals surface area contributed by atoms with Crippen LogP contribution < -0.4 is 15.2 Å². The van der Waals surface area contributed by atoms with E-state index in [0.29, 0.717) is 11.5 Å². The summed E-state index contributed by atoms with van der Waals surface area (Å²) >= 11 is 3.51. The van der Waals surface area contributed by atoms with Crippen molar-refractivity contribution in [2.45, 2.75) is 6.92 Å². The molecule has 0 radical (unpaired) electrons. The molecule has 0 aliphatic heterocycles. The summed E-state index contributed by atoms with van der Waals surface area (Å²) in [5, 5.41) is 3.69. The number of halogens is 1. The van der Waals surface area contributed by atoms with Gasteiger partial charge in [0.25, 0.3) is 0 Å². The molecular formula is C12H13BrN2O3. The number of aryl methyl sites for hydroxylation is 1. The predicted molar refractivity (Wildman–Crippen MR) is 71.9 cm³/mol. The fraction of sp³-hybridized carbons (Fsp3) is 0.250. The van der Waals surface area contributed by atoms with Crippen LogP contribution in [0.2, 0.25) is 0 Å². The first-order valence-electron chi connectivity index (χ1n) is 5.21. The molecule has 1 aromatic heterocycles. The topological polar surface area (TPSA) is 70.5 Å². The van der Waals surface area contributed by atoms with Crippen LogP contribution in [0.25, 0.3) is 11.1 Å². The van der Waals surface area contributed by atoms with Gasteiger partial charge >= 0.3 is 0 Å². The van der Waals surface area contributed by atoms with E-state index in [2.05, 4.69) is 21.1 Å². The molecule has 96 valence electrons. The van der Waals surface area contributed by atoms with E-state index in [9.17, 15) is 0 Å². The van der Waals surface area contributed by atoms with Crippen molar-refractivity contribution in [3.8, 4) is 22.6 Å². The summed E-state index contributed by atoms with van der Waals surface area (Å²) in [7, 11) is 3.18. The molecule has 2 aromatic rings. The highest BCUT2D eigenvalue weighted by molar-refractivity contribution is 9.10. The second-order valence-corrected chi connectivity index (χ2v) is 4.51. The second-order valence-electron chi connectivity index (χ2n) is 3.72. The number of rotatable bonds is 3. The van der Waals surface area contributed by atoms with E-state index in [1.165, 1.54) is 0 Å². The Kier molecular flexibility index (Phi) is 3.47. The van der Waals surface area contributed by atoms with Crippen LogP contribution in [-0.4, -0.2) is 19.4 Å². The number of ether oxygens (including phenoxy) is 2. The minimum absolute atomic E-state index is 0.269. The summed E-state index contributed by atoms with van der Waals surface area (Å²) in [4.78, 5) is 0. The lowest BCUT2D eigenvalue weighted by Crippen LogP contribution is -1.96. The third kappa shape index (κ3) is 1.92. The number of nitrogens with zero attached hydrogens (tertiary/aromatic N) is 1. The van der Waals surface area contributed by atoms with Crippen LogP contribution >= 0.6 is 15.9 Å². The zero-order valence-electron chi connectivity index (χ0n) is 10.3. The number of anilines is 1. The normalized spacial score (nSPS) is 10.4. The van der Waals surface area contributed by atoms with Gasteiger partial charge in [-0.2, -0.15) is 0 Å². The van der Waals surface area contributed by atoms with Crippen molar-refractivity contribution >= 4 is 21.8 Å². The maximum absolute atomic E-state index is 5.75. The predicted octanol–water partition coefficient (Wildman–Crippen LogP) is 3.01. The molecule has 0 fully saturated rings. The van der Waals surface area contributed by atoms with Crippen LogP contribution in [0.1, 0.15) is 5.56 Å². The Balaban J connectivity index is 2.73. The Morgan fingerprint density at radius 2 is 2.06 bits per heavy atom. The number of nitrogens with two attached hydrogens (primary N) is 1. The SMILES string of the molecule is COc1cc(C)c(-c2cnoc2N)c(Br)c1OC. The van der Waals surface area contributed by atoms with E-state index in [-0.39, 0.29) is 5.88 Å². The highest BCUT2D eigenvalue weighted by atomic mass is 79.9. The molecule has 0 saturated carbocycles. The Bertz CT molecular complexity index is 581. The summed E-state index contributed by atoms with van der Waals surface area (Å²) in [5.41, 5.74) is 8.33. The van der Waals surface area contributed by atoms with Crippen molar-refractivity contribution in [1.82, 2.24) is 5.16 Å². The highest BCUT2D eigenvalue weighted by Crippen LogP contribution is 2.45. The monoisotopic (exact) mass is 312 g/mol. The van der Waals surface area contributed by atoms with Crippen molar-refractivity contribution in [2.24, 2.45) is 0 Å². The van der Waals surface area contributed by atoms with Gasteiger partial charge in [0.2, 0.25) is 5.88 Å². The third-order valence-electron chi connectivity index (χ3n) is 2.68. The smallest absolute Gasteiger partial charge is 0.230 e. The maximum Gasteiger partial charge on any atom is 0.230 e.